The Morgan fingerprint density at radius 3 is 2.43 bits per heavy atom. The molecule has 0 spiro atoms. The second-order valence-corrected chi connectivity index (χ2v) is 15.8. The Balaban J connectivity index is 1.10. The fourth-order valence-corrected chi connectivity index (χ4v) is 9.65. The number of carboxylic acids is 1. The number of carbonyl (C=O) groups excluding carboxylic acids is 1. The highest BCUT2D eigenvalue weighted by atomic mass is 19.4. The van der Waals surface area contributed by atoms with Gasteiger partial charge in [-0.3, -0.25) is 4.79 Å². The highest BCUT2D eigenvalue weighted by Gasteiger charge is 2.56. The SMILES string of the molecule is CC1CC2CC(C1)C(NC(=O)c1ccc(-c3cn([C@H]4CC[C@H](O)CC4)c4cc(OC5CCN(c6ncccn6)CC5)ccc34)nc1C(F)(F)F)(C(=O)O)C2. The van der Waals surface area contributed by atoms with Crippen LogP contribution in [0.4, 0.5) is 19.1 Å². The van der Waals surface area contributed by atoms with Gasteiger partial charge in [0, 0.05) is 67.6 Å². The van der Waals surface area contributed by atoms with Crippen molar-refractivity contribution in [2.75, 3.05) is 18.0 Å². The quantitative estimate of drug-likeness (QED) is 0.173. The van der Waals surface area contributed by atoms with Crippen molar-refractivity contribution in [1.29, 1.82) is 0 Å². The van der Waals surface area contributed by atoms with Gasteiger partial charge in [-0.2, -0.15) is 13.2 Å². The summed E-state index contributed by atoms with van der Waals surface area (Å²) in [6, 6.07) is 9.89. The first-order valence-corrected chi connectivity index (χ1v) is 19.0. The van der Waals surface area contributed by atoms with Gasteiger partial charge in [-0.25, -0.2) is 19.7 Å². The van der Waals surface area contributed by atoms with Crippen LogP contribution in [-0.2, 0) is 11.0 Å². The number of aliphatic carboxylic acids is 1. The normalized spacial score (nSPS) is 27.6. The van der Waals surface area contributed by atoms with E-state index in [-0.39, 0.29) is 42.0 Å². The van der Waals surface area contributed by atoms with E-state index in [0.29, 0.717) is 61.2 Å². The maximum atomic E-state index is 14.8. The third-order valence-electron chi connectivity index (χ3n) is 12.2. The molecular weight excluding hydrogens is 701 g/mol. The predicted octanol–water partition coefficient (Wildman–Crippen LogP) is 7.05. The van der Waals surface area contributed by atoms with Gasteiger partial charge in [-0.15, -0.1) is 0 Å². The van der Waals surface area contributed by atoms with Gasteiger partial charge in [0.15, 0.2) is 5.69 Å². The lowest BCUT2D eigenvalue weighted by Gasteiger charge is -2.33. The van der Waals surface area contributed by atoms with Crippen LogP contribution >= 0.6 is 0 Å². The third kappa shape index (κ3) is 6.88. The van der Waals surface area contributed by atoms with Crippen molar-refractivity contribution in [2.45, 2.75) is 101 Å². The summed E-state index contributed by atoms with van der Waals surface area (Å²) in [7, 11) is 0. The summed E-state index contributed by atoms with van der Waals surface area (Å²) < 4.78 is 52.8. The number of rotatable bonds is 8. The van der Waals surface area contributed by atoms with Gasteiger partial charge >= 0.3 is 12.1 Å². The predicted molar refractivity (Wildman–Crippen MR) is 194 cm³/mol. The number of alkyl halides is 3. The minimum absolute atomic E-state index is 0.00176. The Hall–Kier alpha value is -4.72. The van der Waals surface area contributed by atoms with E-state index < -0.39 is 41.0 Å². The number of benzene rings is 1. The van der Waals surface area contributed by atoms with Crippen molar-refractivity contribution in [1.82, 2.24) is 24.8 Å². The lowest BCUT2D eigenvalue weighted by Crippen LogP contribution is -2.57. The molecule has 11 nitrogen and oxygen atoms in total. The first-order chi connectivity index (χ1) is 25.9. The van der Waals surface area contributed by atoms with Crippen LogP contribution in [0, 0.1) is 17.8 Å². The summed E-state index contributed by atoms with van der Waals surface area (Å²) in [5, 5.41) is 23.8. The number of carboxylic acid groups (broad SMARTS) is 1. The van der Waals surface area contributed by atoms with Crippen molar-refractivity contribution in [3.05, 3.63) is 66.2 Å². The van der Waals surface area contributed by atoms with Crippen molar-refractivity contribution >= 4 is 28.7 Å². The van der Waals surface area contributed by atoms with Gasteiger partial charge in [-0.1, -0.05) is 6.92 Å². The van der Waals surface area contributed by atoms with Crippen LogP contribution in [0.15, 0.2) is 55.0 Å². The molecule has 286 valence electrons. The van der Waals surface area contributed by atoms with E-state index in [1.807, 2.05) is 31.3 Å². The van der Waals surface area contributed by atoms with Crippen LogP contribution in [0.3, 0.4) is 0 Å². The number of aliphatic hydroxyl groups excluding tert-OH is 1. The first-order valence-electron chi connectivity index (χ1n) is 19.0. The molecule has 4 aromatic rings. The summed E-state index contributed by atoms with van der Waals surface area (Å²) in [6.45, 7) is 3.51. The number of hydrogen-bond acceptors (Lipinski definition) is 8. The zero-order valence-corrected chi connectivity index (χ0v) is 30.1. The number of nitrogens with one attached hydrogen (secondary N) is 1. The topological polar surface area (TPSA) is 143 Å². The van der Waals surface area contributed by atoms with Crippen LogP contribution in [0.2, 0.25) is 0 Å². The summed E-state index contributed by atoms with van der Waals surface area (Å²) in [6.07, 6.45) is 6.22. The number of aromatic nitrogens is 4. The molecule has 1 amide bonds. The average molecular weight is 747 g/mol. The molecule has 4 atom stereocenters. The molecule has 0 radical (unpaired) electrons. The van der Waals surface area contributed by atoms with Gasteiger partial charge in [-0.05, 0) is 99.5 Å². The Bertz CT molecular complexity index is 2030. The summed E-state index contributed by atoms with van der Waals surface area (Å²) in [5.74, 6) is -0.956. The molecule has 4 aliphatic rings. The molecule has 1 saturated heterocycles. The van der Waals surface area contributed by atoms with Crippen LogP contribution in [-0.4, -0.2) is 72.4 Å². The Morgan fingerprint density at radius 1 is 0.981 bits per heavy atom. The van der Waals surface area contributed by atoms with Gasteiger partial charge < -0.3 is 29.7 Å². The number of carbonyl (C=O) groups is 2. The van der Waals surface area contributed by atoms with Crippen molar-refractivity contribution in [3.8, 4) is 17.0 Å². The van der Waals surface area contributed by atoms with Crippen LogP contribution < -0.4 is 15.0 Å². The van der Waals surface area contributed by atoms with Crippen molar-refractivity contribution < 1.29 is 37.7 Å². The largest absolute Gasteiger partial charge is 0.490 e. The van der Waals surface area contributed by atoms with Gasteiger partial charge in [0.25, 0.3) is 5.91 Å². The maximum absolute atomic E-state index is 14.8. The number of amides is 1. The zero-order valence-electron chi connectivity index (χ0n) is 30.1. The number of hydrogen-bond donors (Lipinski definition) is 3. The van der Waals surface area contributed by atoms with E-state index in [2.05, 4.69) is 29.7 Å². The molecular formula is C40H45F3N6O5. The molecule has 4 unspecified atom stereocenters. The molecule has 1 aliphatic heterocycles. The summed E-state index contributed by atoms with van der Waals surface area (Å²) in [5.41, 5.74) is -2.39. The molecule has 3 saturated carbocycles. The number of piperidine rings is 1. The monoisotopic (exact) mass is 746 g/mol. The molecule has 1 aromatic carbocycles. The highest BCUT2D eigenvalue weighted by Crippen LogP contribution is 2.51. The van der Waals surface area contributed by atoms with Gasteiger partial charge in [0.1, 0.15) is 17.4 Å². The first kappa shape index (κ1) is 36.3. The zero-order chi connectivity index (χ0) is 37.8. The van der Waals surface area contributed by atoms with Crippen molar-refractivity contribution in [3.63, 3.8) is 0 Å². The molecule has 14 heteroatoms. The Morgan fingerprint density at radius 2 is 1.72 bits per heavy atom. The highest BCUT2D eigenvalue weighted by molar-refractivity contribution is 6.00. The van der Waals surface area contributed by atoms with E-state index in [1.54, 1.807) is 18.5 Å². The Labute approximate surface area is 311 Å². The standard InChI is InChI=1S/C40H45F3N6O5/c1-23-17-24-19-25(18-23)39(21-24,37(52)53)47-36(51)31-9-10-33(46-35(31)40(41,42)43)32-22-49(26-3-5-27(50)6-4-26)34-20-29(7-8-30(32)34)54-28-11-15-48(16-12-28)38-44-13-2-14-45-38/h2,7-10,13-14,20,22-28,50H,3-6,11-12,15-19,21H2,1H3,(H,47,51)(H,52,53)/t23?,24?,25?,26-,27-,39?. The molecule has 4 heterocycles. The van der Waals surface area contributed by atoms with E-state index in [4.69, 9.17) is 4.74 Å². The van der Waals surface area contributed by atoms with E-state index in [0.717, 1.165) is 43.9 Å². The number of aliphatic hydroxyl groups is 1. The smallest absolute Gasteiger partial charge is 0.434 e. The van der Waals surface area contributed by atoms with E-state index >= 15 is 0 Å². The molecule has 3 N–H and O–H groups in total. The van der Waals surface area contributed by atoms with Crippen LogP contribution in [0.1, 0.15) is 93.2 Å². The minimum Gasteiger partial charge on any atom is -0.490 e. The molecule has 8 rings (SSSR count). The number of ether oxygens (including phenoxy) is 1. The van der Waals surface area contributed by atoms with Gasteiger partial charge in [0.2, 0.25) is 5.95 Å². The fraction of sp³-hybridized carbons (Fsp3) is 0.525. The summed E-state index contributed by atoms with van der Waals surface area (Å²) >= 11 is 0. The van der Waals surface area contributed by atoms with Gasteiger partial charge in [0.05, 0.1) is 22.9 Å². The lowest BCUT2D eigenvalue weighted by atomic mass is 9.78. The second kappa shape index (κ2) is 14.2. The van der Waals surface area contributed by atoms with Crippen molar-refractivity contribution in [2.24, 2.45) is 17.8 Å². The molecule has 3 aromatic heterocycles. The molecule has 4 fully saturated rings. The average Bonchev–Trinajstić information content (AvgIpc) is 3.66. The fourth-order valence-electron chi connectivity index (χ4n) is 9.65. The number of nitrogens with zero attached hydrogens (tertiary/aromatic N) is 5. The second-order valence-electron chi connectivity index (χ2n) is 15.8. The lowest BCUT2D eigenvalue weighted by molar-refractivity contribution is -0.146. The third-order valence-corrected chi connectivity index (χ3v) is 12.2. The maximum Gasteiger partial charge on any atom is 0.434 e. The minimum atomic E-state index is -4.99. The molecule has 3 aliphatic carbocycles. The van der Waals surface area contributed by atoms with Crippen LogP contribution in [0.5, 0.6) is 5.75 Å². The van der Waals surface area contributed by atoms with E-state index in [9.17, 15) is 33.0 Å². The van der Waals surface area contributed by atoms with Crippen LogP contribution in [0.25, 0.3) is 22.2 Å². The number of pyridine rings is 1. The Kier molecular flexibility index (Phi) is 9.51. The number of fused-ring (bicyclic) bond motifs is 3. The summed E-state index contributed by atoms with van der Waals surface area (Å²) in [4.78, 5) is 41.3. The molecule has 2 bridgehead atoms. The number of anilines is 1. The van der Waals surface area contributed by atoms with E-state index in [1.165, 1.54) is 6.07 Å². The number of halogens is 3. The molecule has 54 heavy (non-hydrogen) atoms.